The summed E-state index contributed by atoms with van der Waals surface area (Å²) in [5.74, 6) is -0.0350. The van der Waals surface area contributed by atoms with E-state index in [2.05, 4.69) is 26.3 Å². The van der Waals surface area contributed by atoms with Gasteiger partial charge in [0.15, 0.2) is 5.13 Å². The predicted octanol–water partition coefficient (Wildman–Crippen LogP) is 4.26. The average Bonchev–Trinajstić information content (AvgIpc) is 3.28. The highest BCUT2D eigenvalue weighted by atomic mass is 32.1. The van der Waals surface area contributed by atoms with Crippen LogP contribution in [-0.4, -0.2) is 20.9 Å². The lowest BCUT2D eigenvalue weighted by molar-refractivity contribution is -0.116. The number of nitrogens with zero attached hydrogens (tertiary/aromatic N) is 2. The summed E-state index contributed by atoms with van der Waals surface area (Å²) < 4.78 is 0. The molecule has 6 heteroatoms. The second-order valence-corrected chi connectivity index (χ2v) is 6.52. The van der Waals surface area contributed by atoms with E-state index in [0.717, 1.165) is 22.5 Å². The molecule has 0 radical (unpaired) electrons. The van der Waals surface area contributed by atoms with Gasteiger partial charge in [0.2, 0.25) is 5.91 Å². The van der Waals surface area contributed by atoms with Gasteiger partial charge in [-0.1, -0.05) is 24.3 Å². The topological polar surface area (TPSA) is 70.7 Å². The number of aromatic amines is 1. The quantitative estimate of drug-likeness (QED) is 0.566. The maximum Gasteiger partial charge on any atom is 0.226 e. The Labute approximate surface area is 148 Å². The second kappa shape index (κ2) is 6.86. The number of benzene rings is 1. The Morgan fingerprint density at radius 1 is 1.12 bits per heavy atom. The number of rotatable bonds is 5. The van der Waals surface area contributed by atoms with E-state index in [4.69, 9.17) is 0 Å². The fraction of sp³-hybridized carbons (Fsp3) is 0.105. The molecule has 4 aromatic rings. The van der Waals surface area contributed by atoms with E-state index >= 15 is 0 Å². The van der Waals surface area contributed by atoms with Gasteiger partial charge < -0.3 is 10.3 Å². The number of H-pyrrole nitrogens is 1. The maximum absolute atomic E-state index is 12.2. The Balaban J connectivity index is 1.39. The van der Waals surface area contributed by atoms with E-state index in [1.54, 1.807) is 6.20 Å². The van der Waals surface area contributed by atoms with Crippen LogP contribution in [0.15, 0.2) is 60.2 Å². The van der Waals surface area contributed by atoms with E-state index in [1.807, 2.05) is 48.0 Å². The van der Waals surface area contributed by atoms with Crippen LogP contribution >= 0.6 is 11.3 Å². The number of nitrogens with one attached hydrogen (secondary N) is 2. The van der Waals surface area contributed by atoms with Crippen molar-refractivity contribution in [1.82, 2.24) is 15.0 Å². The molecule has 124 valence electrons. The van der Waals surface area contributed by atoms with Crippen molar-refractivity contribution in [3.8, 4) is 11.4 Å². The summed E-state index contributed by atoms with van der Waals surface area (Å²) >= 11 is 1.41. The van der Waals surface area contributed by atoms with E-state index in [1.165, 1.54) is 16.7 Å². The van der Waals surface area contributed by atoms with Crippen molar-refractivity contribution in [3.05, 3.63) is 65.8 Å². The van der Waals surface area contributed by atoms with Crippen molar-refractivity contribution < 1.29 is 4.79 Å². The molecule has 0 bridgehead atoms. The highest BCUT2D eigenvalue weighted by molar-refractivity contribution is 7.14. The monoisotopic (exact) mass is 348 g/mol. The molecule has 0 saturated heterocycles. The highest BCUT2D eigenvalue weighted by Gasteiger charge is 2.10. The van der Waals surface area contributed by atoms with Gasteiger partial charge in [-0.25, -0.2) is 4.98 Å². The number of amides is 1. The summed E-state index contributed by atoms with van der Waals surface area (Å²) in [5, 5.41) is 6.54. The number of hydrogen-bond acceptors (Lipinski definition) is 4. The first-order chi connectivity index (χ1) is 12.3. The van der Waals surface area contributed by atoms with Gasteiger partial charge in [0.05, 0.1) is 5.69 Å². The molecule has 0 aliphatic rings. The van der Waals surface area contributed by atoms with Gasteiger partial charge >= 0.3 is 0 Å². The lowest BCUT2D eigenvalue weighted by Crippen LogP contribution is -2.12. The normalized spacial score (nSPS) is 10.9. The summed E-state index contributed by atoms with van der Waals surface area (Å²) in [6, 6.07) is 13.8. The molecule has 4 rings (SSSR count). The Hall–Kier alpha value is -2.99. The number of fused-ring (bicyclic) bond motifs is 1. The molecule has 25 heavy (non-hydrogen) atoms. The van der Waals surface area contributed by atoms with Crippen LogP contribution in [-0.2, 0) is 11.2 Å². The fourth-order valence-corrected chi connectivity index (χ4v) is 3.45. The molecule has 0 atom stereocenters. The molecule has 1 amide bonds. The third-order valence-electron chi connectivity index (χ3n) is 3.97. The average molecular weight is 348 g/mol. The van der Waals surface area contributed by atoms with Gasteiger partial charge in [-0.15, -0.1) is 11.3 Å². The first kappa shape index (κ1) is 15.5. The number of thiazole rings is 1. The van der Waals surface area contributed by atoms with Crippen LogP contribution in [0.1, 0.15) is 12.0 Å². The van der Waals surface area contributed by atoms with Gasteiger partial charge in [0.25, 0.3) is 0 Å². The number of pyridine rings is 1. The van der Waals surface area contributed by atoms with E-state index in [-0.39, 0.29) is 5.91 Å². The zero-order valence-corrected chi connectivity index (χ0v) is 14.2. The Morgan fingerprint density at radius 2 is 2.00 bits per heavy atom. The largest absolute Gasteiger partial charge is 0.361 e. The summed E-state index contributed by atoms with van der Waals surface area (Å²) in [6.07, 6.45) is 4.81. The van der Waals surface area contributed by atoms with Gasteiger partial charge in [-0.2, -0.15) is 0 Å². The first-order valence-corrected chi connectivity index (χ1v) is 8.89. The molecule has 0 aliphatic heterocycles. The van der Waals surface area contributed by atoms with E-state index < -0.39 is 0 Å². The van der Waals surface area contributed by atoms with Crippen LogP contribution in [0.3, 0.4) is 0 Å². The van der Waals surface area contributed by atoms with Crippen molar-refractivity contribution >= 4 is 33.3 Å². The van der Waals surface area contributed by atoms with Crippen molar-refractivity contribution in [2.24, 2.45) is 0 Å². The molecule has 0 aliphatic carbocycles. The zero-order valence-electron chi connectivity index (χ0n) is 13.4. The van der Waals surface area contributed by atoms with Crippen LogP contribution in [0.25, 0.3) is 22.3 Å². The number of aromatic nitrogens is 3. The van der Waals surface area contributed by atoms with Crippen LogP contribution in [0.2, 0.25) is 0 Å². The Bertz CT molecular complexity index is 1010. The molecule has 0 spiro atoms. The van der Waals surface area contributed by atoms with Crippen LogP contribution in [0.4, 0.5) is 5.13 Å². The molecule has 2 N–H and O–H groups in total. The molecule has 5 nitrogen and oxygen atoms in total. The lowest BCUT2D eigenvalue weighted by atomic mass is 10.1. The molecular formula is C19H16N4OS. The number of aryl methyl sites for hydroxylation is 1. The molecule has 1 aromatic carbocycles. The van der Waals surface area contributed by atoms with E-state index in [0.29, 0.717) is 18.0 Å². The van der Waals surface area contributed by atoms with E-state index in [9.17, 15) is 4.79 Å². The van der Waals surface area contributed by atoms with Crippen molar-refractivity contribution in [2.45, 2.75) is 12.8 Å². The van der Waals surface area contributed by atoms with Crippen molar-refractivity contribution in [2.75, 3.05) is 5.32 Å². The summed E-state index contributed by atoms with van der Waals surface area (Å²) in [6.45, 7) is 0. The summed E-state index contributed by atoms with van der Waals surface area (Å²) in [4.78, 5) is 24.2. The van der Waals surface area contributed by atoms with Gasteiger partial charge in [-0.3, -0.25) is 9.78 Å². The highest BCUT2D eigenvalue weighted by Crippen LogP contribution is 2.24. The Kier molecular flexibility index (Phi) is 4.26. The smallest absolute Gasteiger partial charge is 0.226 e. The number of hydrogen-bond donors (Lipinski definition) is 2. The van der Waals surface area contributed by atoms with Crippen LogP contribution in [0, 0.1) is 0 Å². The molecule has 0 fully saturated rings. The minimum atomic E-state index is -0.0350. The SMILES string of the molecule is O=C(CCc1c[nH]c2ccccc12)Nc1nc(-c2ccccn2)cs1. The fourth-order valence-electron chi connectivity index (χ4n) is 2.73. The number of para-hydroxylation sites is 1. The Morgan fingerprint density at radius 3 is 2.88 bits per heavy atom. The zero-order chi connectivity index (χ0) is 17.1. The molecule has 0 unspecified atom stereocenters. The second-order valence-electron chi connectivity index (χ2n) is 5.66. The number of carbonyl (C=O) groups is 1. The predicted molar refractivity (Wildman–Crippen MR) is 101 cm³/mol. The minimum Gasteiger partial charge on any atom is -0.361 e. The van der Waals surface area contributed by atoms with Crippen molar-refractivity contribution in [3.63, 3.8) is 0 Å². The van der Waals surface area contributed by atoms with Gasteiger partial charge in [-0.05, 0) is 30.2 Å². The molecule has 3 aromatic heterocycles. The van der Waals surface area contributed by atoms with Crippen LogP contribution in [0.5, 0.6) is 0 Å². The van der Waals surface area contributed by atoms with Gasteiger partial charge in [0, 0.05) is 35.1 Å². The van der Waals surface area contributed by atoms with Crippen molar-refractivity contribution in [1.29, 1.82) is 0 Å². The molecule has 3 heterocycles. The maximum atomic E-state index is 12.2. The standard InChI is InChI=1S/C19H16N4OS/c24-18(9-8-13-11-21-15-6-2-1-5-14(13)15)23-19-22-17(12-25-19)16-7-3-4-10-20-16/h1-7,10-12,21H,8-9H2,(H,22,23,24). The third kappa shape index (κ3) is 3.44. The van der Waals surface area contributed by atoms with Crippen LogP contribution < -0.4 is 5.32 Å². The summed E-state index contributed by atoms with van der Waals surface area (Å²) in [5.41, 5.74) is 3.83. The number of anilines is 1. The molecule has 0 saturated carbocycles. The number of carbonyl (C=O) groups excluding carboxylic acids is 1. The van der Waals surface area contributed by atoms with Gasteiger partial charge in [0.1, 0.15) is 5.69 Å². The minimum absolute atomic E-state index is 0.0350. The molecular weight excluding hydrogens is 332 g/mol. The first-order valence-electron chi connectivity index (χ1n) is 8.01. The summed E-state index contributed by atoms with van der Waals surface area (Å²) in [7, 11) is 0. The third-order valence-corrected chi connectivity index (χ3v) is 4.73. The lowest BCUT2D eigenvalue weighted by Gasteiger charge is -2.01.